The van der Waals surface area contributed by atoms with Crippen molar-refractivity contribution < 1.29 is 4.74 Å². The topological polar surface area (TPSA) is 52.1 Å². The quantitative estimate of drug-likeness (QED) is 0.338. The summed E-state index contributed by atoms with van der Waals surface area (Å²) in [7, 11) is 2.25. The Morgan fingerprint density at radius 3 is 2.43 bits per heavy atom. The van der Waals surface area contributed by atoms with Crippen LogP contribution < -0.4 is 10.6 Å². The van der Waals surface area contributed by atoms with E-state index < -0.39 is 0 Å². The monoisotopic (exact) mass is 395 g/mol. The summed E-state index contributed by atoms with van der Waals surface area (Å²) in [4.78, 5) is 10.3. The maximum Gasteiger partial charge on any atom is 0.191 e. The van der Waals surface area contributed by atoms with Crippen molar-refractivity contribution >= 4 is 5.96 Å². The van der Waals surface area contributed by atoms with Gasteiger partial charge in [0.25, 0.3) is 0 Å². The number of likely N-dealkylation sites (tertiary alicyclic amines) is 2. The van der Waals surface area contributed by atoms with E-state index in [0.717, 1.165) is 45.2 Å². The minimum atomic E-state index is 0.246. The van der Waals surface area contributed by atoms with Gasteiger partial charge in [-0.25, -0.2) is 0 Å². The van der Waals surface area contributed by atoms with E-state index >= 15 is 0 Å². The highest BCUT2D eigenvalue weighted by Gasteiger charge is 2.39. The molecule has 2 rings (SSSR count). The van der Waals surface area contributed by atoms with Crippen molar-refractivity contribution in [2.75, 3.05) is 66.1 Å². The van der Waals surface area contributed by atoms with Crippen LogP contribution >= 0.6 is 0 Å². The highest BCUT2D eigenvalue weighted by Crippen LogP contribution is 2.31. The van der Waals surface area contributed by atoms with E-state index in [4.69, 9.17) is 9.73 Å². The molecule has 0 aromatic heterocycles. The van der Waals surface area contributed by atoms with Crippen molar-refractivity contribution in [3.05, 3.63) is 0 Å². The Morgan fingerprint density at radius 2 is 1.79 bits per heavy atom. The summed E-state index contributed by atoms with van der Waals surface area (Å²) in [6.07, 6.45) is 7.55. The number of hydrogen-bond donors (Lipinski definition) is 2. The lowest BCUT2D eigenvalue weighted by atomic mass is 9.84. The third-order valence-corrected chi connectivity index (χ3v) is 6.03. The van der Waals surface area contributed by atoms with E-state index in [1.165, 1.54) is 58.3 Å². The lowest BCUT2D eigenvalue weighted by Gasteiger charge is -2.49. The van der Waals surface area contributed by atoms with Gasteiger partial charge in [0.05, 0.1) is 6.54 Å². The zero-order chi connectivity index (χ0) is 20.2. The van der Waals surface area contributed by atoms with Crippen molar-refractivity contribution in [3.63, 3.8) is 0 Å². The van der Waals surface area contributed by atoms with Crippen LogP contribution in [0.1, 0.15) is 59.3 Å². The van der Waals surface area contributed by atoms with Crippen LogP contribution in [0.4, 0.5) is 0 Å². The Hall–Kier alpha value is -0.850. The lowest BCUT2D eigenvalue weighted by Crippen LogP contribution is -2.58. The van der Waals surface area contributed by atoms with Gasteiger partial charge >= 0.3 is 0 Å². The average molecular weight is 396 g/mol. The first kappa shape index (κ1) is 23.4. The third-order valence-electron chi connectivity index (χ3n) is 6.03. The van der Waals surface area contributed by atoms with Crippen molar-refractivity contribution in [1.29, 1.82) is 0 Å². The summed E-state index contributed by atoms with van der Waals surface area (Å²) in [5, 5.41) is 6.94. The van der Waals surface area contributed by atoms with Gasteiger partial charge in [-0.3, -0.25) is 9.89 Å². The molecule has 0 amide bonds. The Morgan fingerprint density at radius 1 is 1.07 bits per heavy atom. The average Bonchev–Trinajstić information content (AvgIpc) is 2.70. The largest absolute Gasteiger partial charge is 0.381 e. The molecular weight excluding hydrogens is 350 g/mol. The molecule has 0 saturated carbocycles. The number of nitrogens with zero attached hydrogens (tertiary/aromatic N) is 3. The first-order chi connectivity index (χ1) is 13.6. The molecule has 2 heterocycles. The molecule has 0 aliphatic carbocycles. The van der Waals surface area contributed by atoms with Crippen molar-refractivity contribution in [3.8, 4) is 0 Å². The zero-order valence-corrected chi connectivity index (χ0v) is 18.9. The molecule has 2 aliphatic heterocycles. The number of nitrogens with one attached hydrogen (secondary N) is 2. The van der Waals surface area contributed by atoms with Gasteiger partial charge in [-0.2, -0.15) is 0 Å². The summed E-state index contributed by atoms with van der Waals surface area (Å²) in [5.74, 6) is 1.56. The van der Waals surface area contributed by atoms with E-state index in [0.29, 0.717) is 5.92 Å². The number of guanidine groups is 1. The van der Waals surface area contributed by atoms with Gasteiger partial charge in [-0.05, 0) is 78.2 Å². The van der Waals surface area contributed by atoms with Gasteiger partial charge in [0, 0.05) is 31.8 Å². The molecule has 0 atom stereocenters. The SMILES string of the molecule is CCNC(=NCC1(N2CCCCC2)CCN(C)CC1)NCCCOCC(C)C. The second-order valence-corrected chi connectivity index (χ2v) is 9.02. The van der Waals surface area contributed by atoms with Crippen LogP contribution in [0.2, 0.25) is 0 Å². The van der Waals surface area contributed by atoms with Crippen molar-refractivity contribution in [1.82, 2.24) is 20.4 Å². The van der Waals surface area contributed by atoms with Gasteiger partial charge in [0.1, 0.15) is 0 Å². The van der Waals surface area contributed by atoms with Crippen LogP contribution in [-0.2, 0) is 4.74 Å². The summed E-state index contributed by atoms with van der Waals surface area (Å²) in [5.41, 5.74) is 0.246. The van der Waals surface area contributed by atoms with E-state index in [9.17, 15) is 0 Å². The fourth-order valence-electron chi connectivity index (χ4n) is 4.25. The highest BCUT2D eigenvalue weighted by molar-refractivity contribution is 5.79. The van der Waals surface area contributed by atoms with E-state index in [2.05, 4.69) is 48.3 Å². The molecule has 0 radical (unpaired) electrons. The molecule has 6 heteroatoms. The summed E-state index contributed by atoms with van der Waals surface area (Å²) >= 11 is 0. The fourth-order valence-corrected chi connectivity index (χ4v) is 4.25. The molecule has 2 aliphatic rings. The van der Waals surface area contributed by atoms with Crippen LogP contribution in [0, 0.1) is 5.92 Å². The van der Waals surface area contributed by atoms with Gasteiger partial charge < -0.3 is 20.3 Å². The standard InChI is InChI=1S/C22H45N5O/c1-5-23-21(24-12-9-17-28-18-20(2)3)25-19-22(10-15-26(4)16-11-22)27-13-7-6-8-14-27/h20H,5-19H2,1-4H3,(H2,23,24,25). The number of hydrogen-bond acceptors (Lipinski definition) is 4. The van der Waals surface area contributed by atoms with E-state index in [1.54, 1.807) is 0 Å². The van der Waals surface area contributed by atoms with E-state index in [1.807, 2.05) is 0 Å². The minimum absolute atomic E-state index is 0.246. The first-order valence-corrected chi connectivity index (χ1v) is 11.6. The smallest absolute Gasteiger partial charge is 0.191 e. The van der Waals surface area contributed by atoms with Crippen LogP contribution in [-0.4, -0.2) is 87.4 Å². The number of rotatable bonds is 10. The maximum atomic E-state index is 5.69. The molecule has 28 heavy (non-hydrogen) atoms. The molecule has 164 valence electrons. The summed E-state index contributed by atoms with van der Waals surface area (Å²) in [6, 6.07) is 0. The third kappa shape index (κ3) is 7.88. The van der Waals surface area contributed by atoms with Crippen molar-refractivity contribution in [2.45, 2.75) is 64.8 Å². The molecule has 0 aromatic rings. The molecule has 0 unspecified atom stereocenters. The van der Waals surface area contributed by atoms with E-state index in [-0.39, 0.29) is 5.54 Å². The molecule has 6 nitrogen and oxygen atoms in total. The Labute approximate surface area is 173 Å². The van der Waals surface area contributed by atoms with Gasteiger partial charge in [0.2, 0.25) is 0 Å². The number of piperidine rings is 2. The minimum Gasteiger partial charge on any atom is -0.381 e. The maximum absolute atomic E-state index is 5.69. The highest BCUT2D eigenvalue weighted by atomic mass is 16.5. The van der Waals surface area contributed by atoms with Crippen LogP contribution in [0.3, 0.4) is 0 Å². The molecule has 0 aromatic carbocycles. The summed E-state index contributed by atoms with van der Waals surface area (Å²) in [6.45, 7) is 15.7. The van der Waals surface area contributed by atoms with Gasteiger partial charge in [-0.15, -0.1) is 0 Å². The predicted octanol–water partition coefficient (Wildman–Crippen LogP) is 2.55. The second-order valence-electron chi connectivity index (χ2n) is 9.02. The lowest BCUT2D eigenvalue weighted by molar-refractivity contribution is 0.0208. The Bertz CT molecular complexity index is 440. The predicted molar refractivity (Wildman–Crippen MR) is 119 cm³/mol. The molecular formula is C22H45N5O. The van der Waals surface area contributed by atoms with Crippen molar-refractivity contribution in [2.24, 2.45) is 10.9 Å². The normalized spacial score (nSPS) is 21.8. The fraction of sp³-hybridized carbons (Fsp3) is 0.955. The molecule has 0 bridgehead atoms. The molecule has 2 N–H and O–H groups in total. The molecule has 2 fully saturated rings. The van der Waals surface area contributed by atoms with Crippen LogP contribution in [0.15, 0.2) is 4.99 Å². The molecule has 0 spiro atoms. The molecule has 2 saturated heterocycles. The van der Waals surface area contributed by atoms with Gasteiger partial charge in [0.15, 0.2) is 5.96 Å². The second kappa shape index (κ2) is 12.7. The zero-order valence-electron chi connectivity index (χ0n) is 18.9. The van der Waals surface area contributed by atoms with Crippen LogP contribution in [0.25, 0.3) is 0 Å². The number of ether oxygens (including phenoxy) is 1. The Kier molecular flexibility index (Phi) is 10.6. The number of aliphatic imine (C=N–C) groups is 1. The van der Waals surface area contributed by atoms with Crippen LogP contribution in [0.5, 0.6) is 0 Å². The summed E-state index contributed by atoms with van der Waals surface area (Å²) < 4.78 is 5.69. The van der Waals surface area contributed by atoms with Gasteiger partial charge in [-0.1, -0.05) is 20.3 Å². The first-order valence-electron chi connectivity index (χ1n) is 11.6. The Balaban J connectivity index is 1.89.